The zero-order valence-electron chi connectivity index (χ0n) is 7.22. The highest BCUT2D eigenvalue weighted by molar-refractivity contribution is 7.18. The van der Waals surface area contributed by atoms with Crippen LogP contribution in [0.2, 0.25) is 0 Å². The number of hydrogen-bond acceptors (Lipinski definition) is 2. The summed E-state index contributed by atoms with van der Waals surface area (Å²) in [4.78, 5) is 4.36. The summed E-state index contributed by atoms with van der Waals surface area (Å²) < 4.78 is 37.6. The topological polar surface area (TPSA) is 12.9 Å². The number of aryl methyl sites for hydroxylation is 1. The van der Waals surface area contributed by atoms with Crippen molar-refractivity contribution in [1.29, 1.82) is 0 Å². The summed E-state index contributed by atoms with van der Waals surface area (Å²) >= 11 is 1.44. The number of thiophene rings is 1. The third-order valence-corrected chi connectivity index (χ3v) is 2.82. The lowest BCUT2D eigenvalue weighted by atomic mass is 10.2. The van der Waals surface area contributed by atoms with E-state index in [1.165, 1.54) is 17.5 Å². The Morgan fingerprint density at radius 3 is 2.64 bits per heavy atom. The van der Waals surface area contributed by atoms with E-state index >= 15 is 0 Å². The summed E-state index contributed by atoms with van der Waals surface area (Å²) in [5.74, 6) is 0. The van der Waals surface area contributed by atoms with Crippen LogP contribution in [0.25, 0.3) is 10.1 Å². The Kier molecular flexibility index (Phi) is 1.99. The number of alkyl halides is 3. The first-order chi connectivity index (χ1) is 6.47. The average Bonchev–Trinajstić information content (AvgIpc) is 2.41. The second-order valence-corrected chi connectivity index (χ2v) is 4.25. The van der Waals surface area contributed by atoms with Gasteiger partial charge in [-0.25, -0.2) is 0 Å². The molecule has 0 N–H and O–H groups in total. The Labute approximate surface area is 82.2 Å². The van der Waals surface area contributed by atoms with Gasteiger partial charge in [0.05, 0.1) is 4.70 Å². The molecule has 0 spiro atoms. The molecule has 0 aliphatic heterocycles. The number of rotatable bonds is 0. The predicted molar refractivity (Wildman–Crippen MR) is 49.4 cm³/mol. The third-order valence-electron chi connectivity index (χ3n) is 1.82. The summed E-state index contributed by atoms with van der Waals surface area (Å²) in [5.41, 5.74) is -0.831. The van der Waals surface area contributed by atoms with Crippen LogP contribution in [0.5, 0.6) is 0 Å². The minimum atomic E-state index is -4.36. The molecular weight excluding hydrogens is 211 g/mol. The summed E-state index contributed by atoms with van der Waals surface area (Å²) in [6, 6.07) is 2.82. The van der Waals surface area contributed by atoms with Gasteiger partial charge in [0.1, 0.15) is 5.69 Å². The smallest absolute Gasteiger partial charge is 0.250 e. The normalized spacial score (nSPS) is 12.3. The maximum atomic E-state index is 12.3. The van der Waals surface area contributed by atoms with E-state index in [9.17, 15) is 13.2 Å². The van der Waals surface area contributed by atoms with Crippen molar-refractivity contribution in [1.82, 2.24) is 4.98 Å². The number of hydrogen-bond donors (Lipinski definition) is 0. The molecule has 0 atom stereocenters. The zero-order chi connectivity index (χ0) is 10.3. The molecule has 0 fully saturated rings. The molecule has 0 radical (unpaired) electrons. The van der Waals surface area contributed by atoms with E-state index in [0.29, 0.717) is 5.39 Å². The van der Waals surface area contributed by atoms with Crippen molar-refractivity contribution in [2.24, 2.45) is 0 Å². The molecular formula is C9H6F3NS. The summed E-state index contributed by atoms with van der Waals surface area (Å²) in [7, 11) is 0. The molecule has 74 valence electrons. The molecule has 0 aliphatic rings. The van der Waals surface area contributed by atoms with E-state index in [0.717, 1.165) is 15.6 Å². The molecule has 14 heavy (non-hydrogen) atoms. The van der Waals surface area contributed by atoms with Gasteiger partial charge in [0.15, 0.2) is 0 Å². The Balaban J connectivity index is 2.62. The molecule has 0 amide bonds. The molecule has 2 aromatic heterocycles. The molecule has 2 aromatic rings. The first-order valence-electron chi connectivity index (χ1n) is 3.90. The van der Waals surface area contributed by atoms with Crippen LogP contribution in [0.15, 0.2) is 18.3 Å². The summed E-state index contributed by atoms with van der Waals surface area (Å²) in [5, 5.41) is 0.606. The molecule has 0 unspecified atom stereocenters. The molecule has 0 aromatic carbocycles. The number of aromatic nitrogens is 1. The van der Waals surface area contributed by atoms with Crippen molar-refractivity contribution in [2.45, 2.75) is 13.1 Å². The van der Waals surface area contributed by atoms with Crippen molar-refractivity contribution in [3.8, 4) is 0 Å². The summed E-state index contributed by atoms with van der Waals surface area (Å²) in [6.07, 6.45) is -3.08. The Morgan fingerprint density at radius 1 is 1.29 bits per heavy atom. The predicted octanol–water partition coefficient (Wildman–Crippen LogP) is 3.62. The molecule has 0 bridgehead atoms. The van der Waals surface area contributed by atoms with E-state index in [1.807, 2.05) is 6.92 Å². The molecule has 0 saturated heterocycles. The Morgan fingerprint density at radius 2 is 2.00 bits per heavy atom. The largest absolute Gasteiger partial charge is 0.433 e. The van der Waals surface area contributed by atoms with Crippen LogP contribution in [0.1, 0.15) is 10.6 Å². The van der Waals surface area contributed by atoms with Gasteiger partial charge >= 0.3 is 6.18 Å². The first-order valence-corrected chi connectivity index (χ1v) is 4.72. The maximum absolute atomic E-state index is 12.3. The first kappa shape index (κ1) is 9.45. The fourth-order valence-electron chi connectivity index (χ4n) is 1.23. The van der Waals surface area contributed by atoms with E-state index < -0.39 is 11.9 Å². The molecule has 1 nitrogen and oxygen atoms in total. The highest BCUT2D eigenvalue weighted by Gasteiger charge is 2.32. The third kappa shape index (κ3) is 1.59. The van der Waals surface area contributed by atoms with Crippen molar-refractivity contribution < 1.29 is 13.2 Å². The van der Waals surface area contributed by atoms with Crippen molar-refractivity contribution in [3.63, 3.8) is 0 Å². The van der Waals surface area contributed by atoms with Gasteiger partial charge in [-0.05, 0) is 24.4 Å². The monoisotopic (exact) mass is 217 g/mol. The van der Waals surface area contributed by atoms with Crippen LogP contribution in [-0.2, 0) is 6.18 Å². The van der Waals surface area contributed by atoms with Gasteiger partial charge in [0, 0.05) is 11.1 Å². The van der Waals surface area contributed by atoms with Gasteiger partial charge in [-0.15, -0.1) is 11.3 Å². The quantitative estimate of drug-likeness (QED) is 0.656. The lowest BCUT2D eigenvalue weighted by Gasteiger charge is -2.04. The molecule has 0 saturated carbocycles. The van der Waals surface area contributed by atoms with Crippen LogP contribution in [-0.4, -0.2) is 4.98 Å². The Hall–Kier alpha value is -1.10. The van der Waals surface area contributed by atoms with Crippen LogP contribution in [0, 0.1) is 6.92 Å². The van der Waals surface area contributed by atoms with E-state index in [1.54, 1.807) is 6.07 Å². The van der Waals surface area contributed by atoms with Crippen molar-refractivity contribution in [2.75, 3.05) is 0 Å². The molecule has 2 rings (SSSR count). The maximum Gasteiger partial charge on any atom is 0.433 e. The van der Waals surface area contributed by atoms with Gasteiger partial charge in [0.25, 0.3) is 0 Å². The minimum absolute atomic E-state index is 0.606. The number of fused-ring (bicyclic) bond motifs is 1. The van der Waals surface area contributed by atoms with Gasteiger partial charge in [0.2, 0.25) is 0 Å². The average molecular weight is 217 g/mol. The number of pyridine rings is 1. The fraction of sp³-hybridized carbons (Fsp3) is 0.222. The highest BCUT2D eigenvalue weighted by Crippen LogP contribution is 2.31. The zero-order valence-corrected chi connectivity index (χ0v) is 8.04. The fourth-order valence-corrected chi connectivity index (χ4v) is 2.11. The van der Waals surface area contributed by atoms with Crippen LogP contribution >= 0.6 is 11.3 Å². The van der Waals surface area contributed by atoms with Crippen LogP contribution < -0.4 is 0 Å². The molecule has 2 heterocycles. The van der Waals surface area contributed by atoms with Crippen LogP contribution in [0.3, 0.4) is 0 Å². The lowest BCUT2D eigenvalue weighted by Crippen LogP contribution is -2.06. The van der Waals surface area contributed by atoms with Gasteiger partial charge in [-0.3, -0.25) is 4.98 Å². The lowest BCUT2D eigenvalue weighted by molar-refractivity contribution is -0.141. The number of halogens is 3. The standard InChI is InChI=1S/C9H6F3NS/c1-5-2-6-3-8(9(10,11)12)13-4-7(6)14-5/h2-4H,1H3. The molecule has 5 heteroatoms. The minimum Gasteiger partial charge on any atom is -0.250 e. The van der Waals surface area contributed by atoms with Crippen LogP contribution in [0.4, 0.5) is 13.2 Å². The van der Waals surface area contributed by atoms with Crippen molar-refractivity contribution in [3.05, 3.63) is 28.9 Å². The second-order valence-electron chi connectivity index (χ2n) is 2.96. The van der Waals surface area contributed by atoms with Crippen molar-refractivity contribution >= 4 is 21.4 Å². The SMILES string of the molecule is Cc1cc2cc(C(F)(F)F)ncc2s1. The molecule has 0 aliphatic carbocycles. The second kappa shape index (κ2) is 2.95. The van der Waals surface area contributed by atoms with E-state index in [-0.39, 0.29) is 0 Å². The van der Waals surface area contributed by atoms with Gasteiger partial charge in [-0.2, -0.15) is 13.2 Å². The highest BCUT2D eigenvalue weighted by atomic mass is 32.1. The van der Waals surface area contributed by atoms with Gasteiger partial charge in [-0.1, -0.05) is 0 Å². The number of nitrogens with zero attached hydrogens (tertiary/aromatic N) is 1. The summed E-state index contributed by atoms with van der Waals surface area (Å²) in [6.45, 7) is 1.86. The van der Waals surface area contributed by atoms with E-state index in [4.69, 9.17) is 0 Å². The van der Waals surface area contributed by atoms with Gasteiger partial charge < -0.3 is 0 Å². The Bertz CT molecular complexity index is 472. The van der Waals surface area contributed by atoms with E-state index in [2.05, 4.69) is 4.98 Å².